The molecular weight excluding hydrogens is 421 g/mol. The number of rotatable bonds is 2. The maximum Gasteiger partial charge on any atom is 0.227 e. The number of amides is 1. The van der Waals surface area contributed by atoms with Crippen LogP contribution in [0.1, 0.15) is 24.3 Å². The number of allylic oxidation sites excluding steroid dienone is 4. The van der Waals surface area contributed by atoms with E-state index in [2.05, 4.69) is 43.9 Å². The number of hydrogen-bond acceptors (Lipinski definition) is 2. The van der Waals surface area contributed by atoms with Crippen molar-refractivity contribution in [3.05, 3.63) is 83.0 Å². The van der Waals surface area contributed by atoms with Gasteiger partial charge in [-0.2, -0.15) is 0 Å². The van der Waals surface area contributed by atoms with Gasteiger partial charge in [-0.05, 0) is 29.2 Å². The molecule has 1 saturated heterocycles. The monoisotopic (exact) mass is 449 g/mol. The second-order valence-corrected chi connectivity index (χ2v) is 13.8. The molecule has 1 fully saturated rings. The molecule has 1 N–H and O–H groups in total. The summed E-state index contributed by atoms with van der Waals surface area (Å²) in [5, 5.41) is 11.4. The Morgan fingerprint density at radius 1 is 1.07 bits per heavy atom. The van der Waals surface area contributed by atoms with Crippen LogP contribution in [0.5, 0.6) is 0 Å². The summed E-state index contributed by atoms with van der Waals surface area (Å²) in [7, 11) is -1.63. The van der Waals surface area contributed by atoms with E-state index >= 15 is 0 Å². The fourth-order valence-corrected chi connectivity index (χ4v) is 7.36. The van der Waals surface area contributed by atoms with Crippen LogP contribution in [-0.4, -0.2) is 31.7 Å². The smallest absolute Gasteiger partial charge is 0.227 e. The molecule has 1 amide bonds. The van der Waals surface area contributed by atoms with E-state index in [0.717, 1.165) is 17.7 Å². The molecule has 0 spiro atoms. The SMILES string of the molecule is C[Si](C)(C)C1=C(CO)C=C2CCC(=O)N3c4ccccc4[C@H]1[C@H]23.[CH]1C=CC=C1.[Co]. The van der Waals surface area contributed by atoms with E-state index in [1.165, 1.54) is 16.3 Å². The Balaban J connectivity index is 0.000000352. The molecule has 1 aromatic rings. The van der Waals surface area contributed by atoms with Gasteiger partial charge in [0, 0.05) is 41.2 Å². The fourth-order valence-electron chi connectivity index (χ4n) is 5.00. The molecule has 4 aliphatic rings. The van der Waals surface area contributed by atoms with Crippen LogP contribution in [0.15, 0.2) is 71.0 Å². The molecule has 0 aromatic heterocycles. The molecule has 5 rings (SSSR count). The van der Waals surface area contributed by atoms with Crippen molar-refractivity contribution in [2.24, 2.45) is 0 Å². The van der Waals surface area contributed by atoms with Crippen LogP contribution in [0.3, 0.4) is 0 Å². The van der Waals surface area contributed by atoms with Gasteiger partial charge in [-0.1, -0.05) is 73.4 Å². The van der Waals surface area contributed by atoms with Gasteiger partial charge in [-0.3, -0.25) is 4.79 Å². The molecule has 5 heteroatoms. The summed E-state index contributed by atoms with van der Waals surface area (Å²) < 4.78 is 0. The van der Waals surface area contributed by atoms with Crippen LogP contribution < -0.4 is 4.90 Å². The van der Waals surface area contributed by atoms with E-state index in [9.17, 15) is 9.90 Å². The summed E-state index contributed by atoms with van der Waals surface area (Å²) in [6, 6.07) is 8.48. The molecule has 154 valence electrons. The third-order valence-corrected chi connectivity index (χ3v) is 8.20. The van der Waals surface area contributed by atoms with Crippen LogP contribution in [0.2, 0.25) is 19.6 Å². The molecule has 3 nitrogen and oxygen atoms in total. The molecule has 0 saturated carbocycles. The normalized spacial score (nSPS) is 23.8. The van der Waals surface area contributed by atoms with E-state index in [4.69, 9.17) is 0 Å². The average Bonchev–Trinajstić information content (AvgIpc) is 3.35. The number of anilines is 1. The molecule has 2 aliphatic carbocycles. The zero-order chi connectivity index (χ0) is 19.9. The van der Waals surface area contributed by atoms with Crippen LogP contribution in [-0.2, 0) is 21.6 Å². The third kappa shape index (κ3) is 3.89. The van der Waals surface area contributed by atoms with Crippen molar-refractivity contribution in [3.63, 3.8) is 0 Å². The summed E-state index contributed by atoms with van der Waals surface area (Å²) in [5.74, 6) is 0.480. The Morgan fingerprint density at radius 2 is 1.76 bits per heavy atom. The van der Waals surface area contributed by atoms with Crippen molar-refractivity contribution in [2.45, 2.75) is 44.4 Å². The molecule has 0 bridgehead atoms. The summed E-state index contributed by atoms with van der Waals surface area (Å²) in [5.41, 5.74) is 4.76. The standard InChI is InChI=1S/C19H23NO2Si.C5H5.Co/c1-23(2,3)19-13(11-21)10-12-8-9-16(22)20-15-7-5-4-6-14(15)17(19)18(12)20;1-2-4-5-3-1;/h4-7,10,17-18,21H,8-9,11H2,1-3H3;1-5H;/t17-,18-;;/m0../s1. The van der Waals surface area contributed by atoms with Gasteiger partial charge in [-0.15, -0.1) is 0 Å². The van der Waals surface area contributed by atoms with Crippen molar-refractivity contribution < 1.29 is 26.7 Å². The van der Waals surface area contributed by atoms with Gasteiger partial charge in [0.15, 0.2) is 0 Å². The Hall–Kier alpha value is -1.67. The van der Waals surface area contributed by atoms with E-state index in [1.54, 1.807) is 0 Å². The van der Waals surface area contributed by atoms with Gasteiger partial charge in [0.05, 0.1) is 20.7 Å². The van der Waals surface area contributed by atoms with E-state index < -0.39 is 8.07 Å². The van der Waals surface area contributed by atoms with E-state index in [1.807, 2.05) is 41.7 Å². The van der Waals surface area contributed by atoms with Crippen LogP contribution in [0.25, 0.3) is 0 Å². The molecular formula is C24H28CoNO2Si. The number of piperidine rings is 1. The second kappa shape index (κ2) is 8.60. The van der Waals surface area contributed by atoms with Crippen molar-refractivity contribution in [3.8, 4) is 0 Å². The maximum absolute atomic E-state index is 12.6. The van der Waals surface area contributed by atoms with Gasteiger partial charge in [0.25, 0.3) is 0 Å². The molecule has 2 radical (unpaired) electrons. The average molecular weight is 450 g/mol. The van der Waals surface area contributed by atoms with Gasteiger partial charge in [-0.25, -0.2) is 0 Å². The van der Waals surface area contributed by atoms with Gasteiger partial charge < -0.3 is 10.0 Å². The number of aliphatic hydroxyl groups is 1. The van der Waals surface area contributed by atoms with Gasteiger partial charge >= 0.3 is 0 Å². The summed E-state index contributed by atoms with van der Waals surface area (Å²) in [4.78, 5) is 14.7. The van der Waals surface area contributed by atoms with Crippen molar-refractivity contribution in [1.82, 2.24) is 0 Å². The Kier molecular flexibility index (Phi) is 6.53. The summed E-state index contributed by atoms with van der Waals surface area (Å²) in [6.45, 7) is 7.12. The number of benzene rings is 1. The Bertz CT molecular complexity index is 913. The van der Waals surface area contributed by atoms with Crippen LogP contribution in [0.4, 0.5) is 5.69 Å². The molecule has 2 atom stereocenters. The number of nitrogens with zero attached hydrogens (tertiary/aromatic N) is 1. The van der Waals surface area contributed by atoms with E-state index in [-0.39, 0.29) is 41.3 Å². The van der Waals surface area contributed by atoms with E-state index in [0.29, 0.717) is 6.42 Å². The fraction of sp³-hybridized carbons (Fsp3) is 0.333. The molecule has 1 aromatic carbocycles. The van der Waals surface area contributed by atoms with Crippen molar-refractivity contribution in [2.75, 3.05) is 11.5 Å². The number of carbonyl (C=O) groups is 1. The number of fused-ring (bicyclic) bond motifs is 3. The molecule has 29 heavy (non-hydrogen) atoms. The van der Waals surface area contributed by atoms with Gasteiger partial charge in [0.2, 0.25) is 5.91 Å². The van der Waals surface area contributed by atoms with Gasteiger partial charge in [0.1, 0.15) is 0 Å². The zero-order valence-corrected chi connectivity index (χ0v) is 19.2. The maximum atomic E-state index is 12.6. The minimum Gasteiger partial charge on any atom is -0.392 e. The Morgan fingerprint density at radius 3 is 2.34 bits per heavy atom. The molecule has 2 heterocycles. The first-order valence-corrected chi connectivity index (χ1v) is 13.6. The first-order valence-electron chi connectivity index (χ1n) is 10.1. The Labute approximate surface area is 185 Å². The summed E-state index contributed by atoms with van der Waals surface area (Å²) >= 11 is 0. The number of para-hydroxylation sites is 1. The number of aliphatic hydroxyl groups excluding tert-OH is 1. The zero-order valence-electron chi connectivity index (χ0n) is 17.2. The van der Waals surface area contributed by atoms with Crippen LogP contribution in [0, 0.1) is 6.42 Å². The first-order chi connectivity index (χ1) is 13.4. The largest absolute Gasteiger partial charge is 0.392 e. The molecule has 2 aliphatic heterocycles. The topological polar surface area (TPSA) is 40.5 Å². The predicted molar refractivity (Wildman–Crippen MR) is 118 cm³/mol. The first kappa shape index (κ1) is 22.0. The molecule has 0 unspecified atom stereocenters. The second-order valence-electron chi connectivity index (χ2n) is 8.77. The minimum atomic E-state index is -1.63. The quantitative estimate of drug-likeness (QED) is 0.665. The van der Waals surface area contributed by atoms with Crippen molar-refractivity contribution in [1.29, 1.82) is 0 Å². The van der Waals surface area contributed by atoms with Crippen LogP contribution >= 0.6 is 0 Å². The number of hydrogen-bond donors (Lipinski definition) is 1. The third-order valence-electron chi connectivity index (χ3n) is 5.95. The predicted octanol–water partition coefficient (Wildman–Crippen LogP) is 4.70. The van der Waals surface area contributed by atoms with Crippen molar-refractivity contribution >= 4 is 19.7 Å². The minimum absolute atomic E-state index is 0. The number of carbonyl (C=O) groups excluding carboxylic acids is 1. The summed E-state index contributed by atoms with van der Waals surface area (Å²) in [6.07, 6.45) is 13.6.